The molecule has 0 unspecified atom stereocenters. The molecule has 0 spiro atoms. The van der Waals surface area contributed by atoms with E-state index >= 15 is 0 Å². The Morgan fingerprint density at radius 1 is 1.28 bits per heavy atom. The molecule has 1 aliphatic carbocycles. The van der Waals surface area contributed by atoms with Crippen molar-refractivity contribution < 1.29 is 4.79 Å². The van der Waals surface area contributed by atoms with Crippen LogP contribution in [0.15, 0.2) is 29.4 Å². The molecule has 1 fully saturated rings. The van der Waals surface area contributed by atoms with Gasteiger partial charge in [0.15, 0.2) is 0 Å². The summed E-state index contributed by atoms with van der Waals surface area (Å²) in [6.45, 7) is 0. The van der Waals surface area contributed by atoms with Crippen molar-refractivity contribution in [1.82, 2.24) is 5.43 Å². The first-order chi connectivity index (χ1) is 8.77. The first-order valence-corrected chi connectivity index (χ1v) is 6.72. The molecule has 2 rings (SSSR count). The van der Waals surface area contributed by atoms with Gasteiger partial charge in [-0.1, -0.05) is 49.1 Å². The van der Waals surface area contributed by atoms with Gasteiger partial charge in [-0.25, -0.2) is 5.43 Å². The van der Waals surface area contributed by atoms with Crippen LogP contribution in [0.1, 0.15) is 37.7 Å². The normalized spacial score (nSPS) is 16.9. The zero-order chi connectivity index (χ0) is 12.8. The molecule has 1 N–H and O–H groups in total. The van der Waals surface area contributed by atoms with E-state index in [1.54, 1.807) is 12.3 Å². The molecule has 1 saturated carbocycles. The predicted octanol–water partition coefficient (Wildman–Crippen LogP) is 3.37. The molecule has 0 radical (unpaired) electrons. The minimum atomic E-state index is 0.0259. The average Bonchev–Trinajstić information content (AvgIpc) is 2.42. The van der Waals surface area contributed by atoms with E-state index in [9.17, 15) is 4.79 Å². The van der Waals surface area contributed by atoms with E-state index in [0.717, 1.165) is 31.2 Å². The van der Waals surface area contributed by atoms with Crippen LogP contribution in [-0.4, -0.2) is 12.1 Å². The van der Waals surface area contributed by atoms with E-state index in [0.29, 0.717) is 5.02 Å². The maximum atomic E-state index is 11.8. The zero-order valence-corrected chi connectivity index (χ0v) is 11.0. The minimum absolute atomic E-state index is 0.0259. The van der Waals surface area contributed by atoms with Gasteiger partial charge in [0.1, 0.15) is 0 Å². The molecule has 18 heavy (non-hydrogen) atoms. The largest absolute Gasteiger partial charge is 0.273 e. The molecule has 4 heteroatoms. The number of rotatable bonds is 3. The fourth-order valence-corrected chi connectivity index (χ4v) is 2.39. The summed E-state index contributed by atoms with van der Waals surface area (Å²) in [5.41, 5.74) is 3.41. The number of amides is 1. The van der Waals surface area contributed by atoms with Crippen LogP contribution in [0.25, 0.3) is 0 Å². The van der Waals surface area contributed by atoms with Crippen LogP contribution < -0.4 is 5.43 Å². The number of halogens is 1. The topological polar surface area (TPSA) is 41.5 Å². The van der Waals surface area contributed by atoms with E-state index in [-0.39, 0.29) is 11.8 Å². The summed E-state index contributed by atoms with van der Waals surface area (Å²) in [6.07, 6.45) is 7.08. The number of hydrogen-bond acceptors (Lipinski definition) is 2. The molecule has 1 aromatic carbocycles. The van der Waals surface area contributed by atoms with Crippen molar-refractivity contribution >= 4 is 23.7 Å². The van der Waals surface area contributed by atoms with Crippen LogP contribution in [0.4, 0.5) is 0 Å². The molecule has 0 atom stereocenters. The van der Waals surface area contributed by atoms with Crippen molar-refractivity contribution in [3.63, 3.8) is 0 Å². The highest BCUT2D eigenvalue weighted by Gasteiger charge is 2.20. The molecule has 0 aromatic heterocycles. The van der Waals surface area contributed by atoms with Crippen LogP contribution in [0.5, 0.6) is 0 Å². The molecule has 1 aromatic rings. The lowest BCUT2D eigenvalue weighted by molar-refractivity contribution is -0.125. The minimum Gasteiger partial charge on any atom is -0.273 e. The Balaban J connectivity index is 1.87. The van der Waals surface area contributed by atoms with Gasteiger partial charge in [0, 0.05) is 16.5 Å². The Morgan fingerprint density at radius 3 is 2.72 bits per heavy atom. The molecule has 1 amide bonds. The number of carbonyl (C=O) groups is 1. The molecular weight excluding hydrogens is 248 g/mol. The molecule has 0 heterocycles. The van der Waals surface area contributed by atoms with E-state index < -0.39 is 0 Å². The number of carbonyl (C=O) groups excluding carboxylic acids is 1. The number of benzene rings is 1. The number of hydrazone groups is 1. The van der Waals surface area contributed by atoms with Gasteiger partial charge in [0.2, 0.25) is 5.91 Å². The highest BCUT2D eigenvalue weighted by Crippen LogP contribution is 2.23. The number of nitrogens with zero attached hydrogens (tertiary/aromatic N) is 1. The molecule has 0 aliphatic heterocycles. The summed E-state index contributed by atoms with van der Waals surface area (Å²) in [5, 5.41) is 4.60. The molecule has 1 aliphatic rings. The van der Waals surface area contributed by atoms with E-state index in [1.165, 1.54) is 6.42 Å². The third-order valence-corrected chi connectivity index (χ3v) is 3.60. The van der Waals surface area contributed by atoms with Crippen LogP contribution in [0.3, 0.4) is 0 Å². The lowest BCUT2D eigenvalue weighted by Gasteiger charge is -2.19. The first-order valence-electron chi connectivity index (χ1n) is 6.35. The highest BCUT2D eigenvalue weighted by molar-refractivity contribution is 6.33. The zero-order valence-electron chi connectivity index (χ0n) is 10.2. The highest BCUT2D eigenvalue weighted by atomic mass is 35.5. The summed E-state index contributed by atoms with van der Waals surface area (Å²) in [5.74, 6) is 0.153. The molecule has 0 bridgehead atoms. The summed E-state index contributed by atoms with van der Waals surface area (Å²) < 4.78 is 0. The van der Waals surface area contributed by atoms with E-state index in [2.05, 4.69) is 10.5 Å². The smallest absolute Gasteiger partial charge is 0.243 e. The second kappa shape index (κ2) is 6.55. The van der Waals surface area contributed by atoms with Crippen LogP contribution >= 0.6 is 11.6 Å². The van der Waals surface area contributed by atoms with Gasteiger partial charge in [-0.3, -0.25) is 4.79 Å². The Hall–Kier alpha value is -1.35. The van der Waals surface area contributed by atoms with Crippen LogP contribution in [0.2, 0.25) is 5.02 Å². The van der Waals surface area contributed by atoms with Gasteiger partial charge in [0.25, 0.3) is 0 Å². The van der Waals surface area contributed by atoms with Crippen LogP contribution in [-0.2, 0) is 4.79 Å². The van der Waals surface area contributed by atoms with Gasteiger partial charge in [-0.2, -0.15) is 5.10 Å². The van der Waals surface area contributed by atoms with Crippen molar-refractivity contribution in [2.45, 2.75) is 32.1 Å². The second-order valence-electron chi connectivity index (χ2n) is 4.59. The Kier molecular flexibility index (Phi) is 4.76. The monoisotopic (exact) mass is 264 g/mol. The molecule has 96 valence electrons. The van der Waals surface area contributed by atoms with Gasteiger partial charge < -0.3 is 0 Å². The van der Waals surface area contributed by atoms with E-state index in [4.69, 9.17) is 11.6 Å². The average molecular weight is 265 g/mol. The molecule has 3 nitrogen and oxygen atoms in total. The van der Waals surface area contributed by atoms with Crippen molar-refractivity contribution in [1.29, 1.82) is 0 Å². The quantitative estimate of drug-likeness (QED) is 0.660. The third-order valence-electron chi connectivity index (χ3n) is 3.26. The van der Waals surface area contributed by atoms with Crippen molar-refractivity contribution in [3.8, 4) is 0 Å². The fraction of sp³-hybridized carbons (Fsp3) is 0.429. The van der Waals surface area contributed by atoms with Crippen molar-refractivity contribution in [2.24, 2.45) is 11.0 Å². The lowest BCUT2D eigenvalue weighted by atomic mass is 9.89. The second-order valence-corrected chi connectivity index (χ2v) is 5.00. The van der Waals surface area contributed by atoms with Crippen molar-refractivity contribution in [2.75, 3.05) is 0 Å². The predicted molar refractivity (Wildman–Crippen MR) is 73.8 cm³/mol. The van der Waals surface area contributed by atoms with Gasteiger partial charge in [-0.15, -0.1) is 0 Å². The summed E-state index contributed by atoms with van der Waals surface area (Å²) in [7, 11) is 0. The van der Waals surface area contributed by atoms with E-state index in [1.807, 2.05) is 18.2 Å². The van der Waals surface area contributed by atoms with Gasteiger partial charge in [-0.05, 0) is 18.9 Å². The lowest BCUT2D eigenvalue weighted by Crippen LogP contribution is -2.28. The first kappa shape index (κ1) is 13.1. The fourth-order valence-electron chi connectivity index (χ4n) is 2.20. The Labute approximate surface area is 112 Å². The molecular formula is C14H17ClN2O. The number of hydrogen-bond donors (Lipinski definition) is 1. The summed E-state index contributed by atoms with van der Waals surface area (Å²) in [4.78, 5) is 11.8. The van der Waals surface area contributed by atoms with Crippen molar-refractivity contribution in [3.05, 3.63) is 34.9 Å². The summed E-state index contributed by atoms with van der Waals surface area (Å²) in [6, 6.07) is 7.40. The Morgan fingerprint density at radius 2 is 2.00 bits per heavy atom. The SMILES string of the molecule is O=C(N/N=C/c1ccccc1Cl)C1CCCCC1. The summed E-state index contributed by atoms with van der Waals surface area (Å²) >= 11 is 5.98. The van der Waals surface area contributed by atoms with Crippen LogP contribution in [0, 0.1) is 5.92 Å². The van der Waals surface area contributed by atoms with Gasteiger partial charge >= 0.3 is 0 Å². The molecule has 0 saturated heterocycles. The third kappa shape index (κ3) is 3.57. The standard InChI is InChI=1S/C14H17ClN2O/c15-13-9-5-4-8-12(13)10-16-17-14(18)11-6-2-1-3-7-11/h4-5,8-11H,1-3,6-7H2,(H,17,18)/b16-10+. The number of nitrogens with one attached hydrogen (secondary N) is 1. The van der Waals surface area contributed by atoms with Gasteiger partial charge in [0.05, 0.1) is 6.21 Å². The Bertz CT molecular complexity index is 439. The maximum Gasteiger partial charge on any atom is 0.243 e. The maximum absolute atomic E-state index is 11.8.